The molecule has 5 heterocycles. The number of oxime groups is 1. The number of benzene rings is 3. The van der Waals surface area contributed by atoms with E-state index in [1.165, 1.54) is 42.4 Å². The fraction of sp³-hybridized carbons (Fsp3) is 0.654. The van der Waals surface area contributed by atoms with Crippen molar-refractivity contribution in [2.24, 2.45) is 16.3 Å². The molecule has 9 atom stereocenters. The van der Waals surface area contributed by atoms with Gasteiger partial charge in [-0.3, -0.25) is 9.59 Å². The molecule has 25 nitrogen and oxygen atoms in total. The molecule has 6 saturated carbocycles. The van der Waals surface area contributed by atoms with Crippen molar-refractivity contribution in [3.8, 4) is 0 Å². The van der Waals surface area contributed by atoms with E-state index in [1.54, 1.807) is 9.80 Å². The van der Waals surface area contributed by atoms with Crippen LogP contribution in [0.1, 0.15) is 257 Å². The van der Waals surface area contributed by atoms with Gasteiger partial charge in [0.25, 0.3) is 12.9 Å². The van der Waals surface area contributed by atoms with Gasteiger partial charge >= 0.3 is 18.3 Å². The summed E-state index contributed by atoms with van der Waals surface area (Å²) in [6.07, 6.45) is 14.2. The Morgan fingerprint density at radius 1 is 0.613 bits per heavy atom. The number of amidine groups is 1. The summed E-state index contributed by atoms with van der Waals surface area (Å²) >= 11 is 0. The predicted octanol–water partition coefficient (Wildman–Crippen LogP) is 13.5. The van der Waals surface area contributed by atoms with Crippen LogP contribution >= 0.6 is 0 Å². The minimum Gasteiger partial charge on any atom is -0.463 e. The maximum atomic E-state index is 13.4. The summed E-state index contributed by atoms with van der Waals surface area (Å²) < 4.78 is 37.7. The Bertz CT molecular complexity index is 3630. The summed E-state index contributed by atoms with van der Waals surface area (Å²) in [7, 11) is 0. The fourth-order valence-electron chi connectivity index (χ4n) is 14.0. The van der Waals surface area contributed by atoms with Crippen molar-refractivity contribution in [2.75, 3.05) is 58.9 Å². The summed E-state index contributed by atoms with van der Waals surface area (Å²) in [6, 6.07) is 32.2. The zero-order valence-corrected chi connectivity index (χ0v) is 64.0. The van der Waals surface area contributed by atoms with E-state index in [9.17, 15) is 24.0 Å². The summed E-state index contributed by atoms with van der Waals surface area (Å²) in [6.45, 7) is 30.3. The number of hydrogen-bond acceptors (Lipinski definition) is 21. The van der Waals surface area contributed by atoms with E-state index in [0.29, 0.717) is 80.6 Å². The van der Waals surface area contributed by atoms with Gasteiger partial charge in [-0.15, -0.1) is 0 Å². The van der Waals surface area contributed by atoms with Crippen molar-refractivity contribution in [3.05, 3.63) is 131 Å². The van der Waals surface area contributed by atoms with E-state index in [0.717, 1.165) is 115 Å². The lowest BCUT2D eigenvalue weighted by Crippen LogP contribution is -2.45. The fourth-order valence-corrected chi connectivity index (χ4v) is 14.0. The summed E-state index contributed by atoms with van der Waals surface area (Å²) in [5.74, 6) is 4.83. The monoisotopic (exact) mass is 1470 g/mol. The normalized spacial score (nSPS) is 24.8. The topological polar surface area (TPSA) is 314 Å². The van der Waals surface area contributed by atoms with Crippen molar-refractivity contribution in [2.45, 2.75) is 274 Å². The third-order valence-electron chi connectivity index (χ3n) is 20.7. The van der Waals surface area contributed by atoms with Gasteiger partial charge in [-0.05, 0) is 209 Å². The average Bonchev–Trinajstić information content (AvgIpc) is 1.59. The first-order chi connectivity index (χ1) is 49.9. The highest BCUT2D eigenvalue weighted by Crippen LogP contribution is 2.54. The second-order valence-corrected chi connectivity index (χ2v) is 34.2. The quantitative estimate of drug-likeness (QED) is 0.0121. The second kappa shape index (κ2) is 35.3. The molecule has 582 valence electrons. The average molecular weight is 1470 g/mol. The number of piperidine rings is 3. The maximum absolute atomic E-state index is 13.4. The van der Waals surface area contributed by atoms with E-state index in [1.807, 2.05) is 124 Å². The number of nitrogens with zero attached hydrogens (tertiary/aromatic N) is 8. The molecule has 3 aliphatic heterocycles. The van der Waals surface area contributed by atoms with Crippen LogP contribution in [-0.4, -0.2) is 183 Å². The molecule has 25 heteroatoms. The van der Waals surface area contributed by atoms with Gasteiger partial charge in [-0.1, -0.05) is 114 Å². The van der Waals surface area contributed by atoms with E-state index in [4.69, 9.17) is 48.9 Å². The third-order valence-corrected chi connectivity index (χ3v) is 20.7. The molecule has 106 heavy (non-hydrogen) atoms. The zero-order valence-electron chi connectivity index (χ0n) is 64.0. The van der Waals surface area contributed by atoms with Crippen LogP contribution in [0.2, 0.25) is 0 Å². The highest BCUT2D eigenvalue weighted by atomic mass is 16.6. The van der Waals surface area contributed by atoms with Crippen LogP contribution in [0.5, 0.6) is 0 Å². The number of aromatic nitrogens is 4. The minimum atomic E-state index is -0.580. The largest absolute Gasteiger partial charge is 0.463 e. The number of likely N-dealkylation sites (tertiary alicyclic amines) is 1. The molecule has 9 fully saturated rings. The van der Waals surface area contributed by atoms with Gasteiger partial charge in [-0.25, -0.2) is 14.4 Å². The molecule has 0 bridgehead atoms. The van der Waals surface area contributed by atoms with Crippen LogP contribution < -0.4 is 21.7 Å². The number of carbonyl (C=O) groups excluding carboxylic acids is 5. The van der Waals surface area contributed by atoms with Gasteiger partial charge in [0.15, 0.2) is 11.6 Å². The molecule has 6 N–H and O–H groups in total. The number of rotatable bonds is 20. The Labute approximate surface area is 627 Å². The number of amides is 3. The first-order valence-corrected chi connectivity index (χ1v) is 38.1. The molecular formula is C81H120N12O13. The van der Waals surface area contributed by atoms with Crippen LogP contribution in [0.4, 0.5) is 14.4 Å². The lowest BCUT2D eigenvalue weighted by Gasteiger charge is -2.32. The Kier molecular flexibility index (Phi) is 27.2. The van der Waals surface area contributed by atoms with Crippen molar-refractivity contribution in [3.63, 3.8) is 0 Å². The second-order valence-electron chi connectivity index (χ2n) is 34.2. The number of nitrogens with one attached hydrogen (secondary N) is 3. The summed E-state index contributed by atoms with van der Waals surface area (Å²) in [5, 5.41) is 31.3. The molecule has 3 aromatic carbocycles. The lowest BCUT2D eigenvalue weighted by atomic mass is 9.98. The Morgan fingerprint density at radius 3 is 1.53 bits per heavy atom. The van der Waals surface area contributed by atoms with Gasteiger partial charge in [0, 0.05) is 92.5 Å². The molecule has 3 amide bonds. The molecule has 2 aromatic heterocycles. The molecular weight excluding hydrogens is 1350 g/mol. The van der Waals surface area contributed by atoms with Crippen LogP contribution in [0.25, 0.3) is 0 Å². The Hall–Kier alpha value is -8.16. The minimum absolute atomic E-state index is 0. The molecule has 0 spiro atoms. The zero-order chi connectivity index (χ0) is 75.4. The highest BCUT2D eigenvalue weighted by molar-refractivity contribution is 5.89. The maximum Gasteiger partial charge on any atom is 0.410 e. The summed E-state index contributed by atoms with van der Waals surface area (Å²) in [5.41, 5.74) is 7.19. The van der Waals surface area contributed by atoms with E-state index < -0.39 is 22.2 Å². The molecule has 5 aromatic rings. The molecule has 9 aliphatic rings. The smallest absolute Gasteiger partial charge is 0.410 e. The van der Waals surface area contributed by atoms with Crippen molar-refractivity contribution in [1.82, 2.24) is 50.9 Å². The van der Waals surface area contributed by atoms with Crippen molar-refractivity contribution >= 4 is 37.1 Å². The SMILES string of the molecule is C.CC(C)(C)OC(=O)N(CC1(C(N)=NO)CC1)[C@H]1CC1c1ccccc1.CC(C)(C)OC(=O)N1CCC[C@H](c2nc(C3(CN(C(=O)OC(C)(C)C)[C@H]4CC4c4ccccc4)CC3)no2)C1.CC(C)(C)OC=O.O=COC1CCCNC1.c1ccc(C2C[C@@H]2NCC2(c3noc([C@H]4CCCNC4)n3)CC2)cc1. The van der Waals surface area contributed by atoms with Crippen molar-refractivity contribution < 1.29 is 61.9 Å². The van der Waals surface area contributed by atoms with Crippen LogP contribution in [0.3, 0.4) is 0 Å². The van der Waals surface area contributed by atoms with E-state index in [2.05, 4.69) is 90.8 Å². The van der Waals surface area contributed by atoms with Gasteiger partial charge in [-0.2, -0.15) is 9.97 Å². The first-order valence-electron chi connectivity index (χ1n) is 38.1. The van der Waals surface area contributed by atoms with Gasteiger partial charge in [0.1, 0.15) is 34.3 Å². The molecule has 0 radical (unpaired) electrons. The van der Waals surface area contributed by atoms with Gasteiger partial charge < -0.3 is 74.3 Å². The lowest BCUT2D eigenvalue weighted by molar-refractivity contribution is -0.138. The standard InChI is InChI=1S/C30H42N4O5.C20H26N4O.C19H27N3O3.C6H11NO2.C5H10O2.CH4/c1-28(2,3)37-26(35)33-16-10-13-21(18-33)24-31-25(32-39-24)30(14-15-30)19-34(27(36)38-29(4,5)6)23-17-22(23)20-11-8-7-9-12-20;1-2-5-14(6-3-1)16-11-17(16)22-13-20(8-9-20)19-23-18(25-24-19)15-7-4-10-21-12-15;1-18(2,3)25-17(23)22(12-19(9-10-19)16(20)21-24)15-11-14(15)13-7-5-4-6-8-13;8-5-9-6-2-1-3-7-4-6;1-5(2,3)7-4-6;/h7-9,11-12,21-23H,10,13-19H2,1-6H3;1-3,5-6,15-17,21-22H,4,7-13H2;4-8,14-15,24H,9-12H2,1-3H3,(H2,20,21);5-7H,1-4H2;4H,1-3H3;1H4/t21-,22?,23-;15-,16?,17-;14?,15-;;;/m000.../s1. The van der Waals surface area contributed by atoms with E-state index >= 15 is 0 Å². The predicted molar refractivity (Wildman–Crippen MR) is 403 cm³/mol. The number of hydrogen-bond donors (Lipinski definition) is 5. The molecule has 3 saturated heterocycles. The van der Waals surface area contributed by atoms with E-state index in [-0.39, 0.29) is 72.1 Å². The molecule has 6 aliphatic carbocycles. The first kappa shape index (κ1) is 81.9. The summed E-state index contributed by atoms with van der Waals surface area (Å²) in [4.78, 5) is 73.3. The number of carbonyl (C=O) groups is 5. The van der Waals surface area contributed by atoms with Crippen LogP contribution in [-0.2, 0) is 44.1 Å². The number of nitrogens with two attached hydrogens (primary N) is 1. The molecule has 4 unspecified atom stereocenters. The highest BCUT2D eigenvalue weighted by Gasteiger charge is 2.57. The van der Waals surface area contributed by atoms with Crippen molar-refractivity contribution in [1.29, 1.82) is 0 Å². The molecule has 14 rings (SSSR count). The third kappa shape index (κ3) is 23.7. The van der Waals surface area contributed by atoms with Gasteiger partial charge in [0.05, 0.1) is 17.3 Å². The van der Waals surface area contributed by atoms with Crippen LogP contribution in [0, 0.1) is 5.41 Å². The van der Waals surface area contributed by atoms with Gasteiger partial charge in [0.2, 0.25) is 11.8 Å². The number of ether oxygens (including phenoxy) is 5. The Morgan fingerprint density at radius 2 is 1.09 bits per heavy atom. The Balaban J connectivity index is 0.000000169. The van der Waals surface area contributed by atoms with Crippen LogP contribution in [0.15, 0.2) is 105 Å².